The number of carbonyl (C=O) groups is 2. The Labute approximate surface area is 152 Å². The Morgan fingerprint density at radius 2 is 1.50 bits per heavy atom. The van der Waals surface area contributed by atoms with Crippen LogP contribution in [0.2, 0.25) is 0 Å². The third-order valence-electron chi connectivity index (χ3n) is 3.46. The number of amides is 2. The van der Waals surface area contributed by atoms with Crippen molar-refractivity contribution in [1.82, 2.24) is 10.9 Å². The van der Waals surface area contributed by atoms with Gasteiger partial charge in [-0.15, -0.1) is 0 Å². The van der Waals surface area contributed by atoms with E-state index >= 15 is 0 Å². The summed E-state index contributed by atoms with van der Waals surface area (Å²) in [6.45, 7) is 3.32. The molecule has 2 aromatic carbocycles. The van der Waals surface area contributed by atoms with E-state index in [1.54, 1.807) is 50.4 Å². The molecular weight excluding hydrogens is 336 g/mol. The number of hydrogen-bond acceptors (Lipinski definition) is 5. The van der Waals surface area contributed by atoms with Gasteiger partial charge in [0.05, 0.1) is 7.11 Å². The molecule has 0 aromatic heterocycles. The SMILES string of the molecule is COc1ccc(OCC(=O)NNC(=O)C(C)Oc2ccc(C)cc2)cc1. The molecule has 26 heavy (non-hydrogen) atoms. The molecule has 2 rings (SSSR count). The molecule has 2 aromatic rings. The van der Waals surface area contributed by atoms with Crippen molar-refractivity contribution in [1.29, 1.82) is 0 Å². The second-order valence-electron chi connectivity index (χ2n) is 5.57. The van der Waals surface area contributed by atoms with Crippen LogP contribution in [0.25, 0.3) is 0 Å². The molecule has 2 amide bonds. The Balaban J connectivity index is 1.71. The smallest absolute Gasteiger partial charge is 0.279 e. The summed E-state index contributed by atoms with van der Waals surface area (Å²) in [7, 11) is 1.57. The zero-order valence-corrected chi connectivity index (χ0v) is 14.9. The van der Waals surface area contributed by atoms with Crippen molar-refractivity contribution in [3.05, 3.63) is 54.1 Å². The van der Waals surface area contributed by atoms with E-state index in [1.807, 2.05) is 19.1 Å². The zero-order valence-electron chi connectivity index (χ0n) is 14.9. The van der Waals surface area contributed by atoms with Gasteiger partial charge in [0.1, 0.15) is 17.2 Å². The molecule has 7 heteroatoms. The molecule has 1 atom stereocenters. The number of carbonyl (C=O) groups excluding carboxylic acids is 2. The highest BCUT2D eigenvalue weighted by atomic mass is 16.5. The van der Waals surface area contributed by atoms with Gasteiger partial charge in [-0.2, -0.15) is 0 Å². The average molecular weight is 358 g/mol. The number of aryl methyl sites for hydroxylation is 1. The summed E-state index contributed by atoms with van der Waals surface area (Å²) in [5.41, 5.74) is 5.68. The van der Waals surface area contributed by atoms with Crippen LogP contribution in [0.4, 0.5) is 0 Å². The Morgan fingerprint density at radius 3 is 2.12 bits per heavy atom. The molecule has 0 spiro atoms. The average Bonchev–Trinajstić information content (AvgIpc) is 2.66. The number of hydrazine groups is 1. The van der Waals surface area contributed by atoms with E-state index in [9.17, 15) is 9.59 Å². The first-order valence-electron chi connectivity index (χ1n) is 8.07. The van der Waals surface area contributed by atoms with Gasteiger partial charge in [0.2, 0.25) is 0 Å². The third-order valence-corrected chi connectivity index (χ3v) is 3.46. The van der Waals surface area contributed by atoms with Gasteiger partial charge in [-0.1, -0.05) is 17.7 Å². The van der Waals surface area contributed by atoms with E-state index < -0.39 is 17.9 Å². The van der Waals surface area contributed by atoms with E-state index in [0.29, 0.717) is 17.2 Å². The predicted octanol–water partition coefficient (Wildman–Crippen LogP) is 2.00. The minimum absolute atomic E-state index is 0.236. The minimum atomic E-state index is -0.763. The van der Waals surface area contributed by atoms with Gasteiger partial charge >= 0.3 is 0 Å². The van der Waals surface area contributed by atoms with Crippen molar-refractivity contribution in [2.24, 2.45) is 0 Å². The van der Waals surface area contributed by atoms with Crippen molar-refractivity contribution < 1.29 is 23.8 Å². The van der Waals surface area contributed by atoms with E-state index in [0.717, 1.165) is 5.56 Å². The summed E-state index contributed by atoms with van der Waals surface area (Å²) in [5, 5.41) is 0. The molecule has 0 saturated heterocycles. The second-order valence-corrected chi connectivity index (χ2v) is 5.57. The standard InChI is InChI=1S/C19H22N2O5/c1-13-4-6-17(7-5-13)26-14(2)19(23)21-20-18(22)12-25-16-10-8-15(24-3)9-11-16/h4-11,14H,12H2,1-3H3,(H,20,22)(H,21,23). The summed E-state index contributed by atoms with van der Waals surface area (Å²) in [4.78, 5) is 23.7. The summed E-state index contributed by atoms with van der Waals surface area (Å²) < 4.78 is 15.9. The Hall–Kier alpha value is -3.22. The van der Waals surface area contributed by atoms with Gasteiger partial charge in [-0.3, -0.25) is 20.4 Å². The zero-order chi connectivity index (χ0) is 18.9. The van der Waals surface area contributed by atoms with Gasteiger partial charge < -0.3 is 14.2 Å². The van der Waals surface area contributed by atoms with E-state index in [4.69, 9.17) is 14.2 Å². The lowest BCUT2D eigenvalue weighted by atomic mass is 10.2. The van der Waals surface area contributed by atoms with Crippen LogP contribution in [0, 0.1) is 6.92 Å². The first-order chi connectivity index (χ1) is 12.5. The molecule has 0 aliphatic carbocycles. The lowest BCUT2D eigenvalue weighted by molar-refractivity contribution is -0.133. The van der Waals surface area contributed by atoms with Gasteiger partial charge in [0.15, 0.2) is 12.7 Å². The molecule has 0 aliphatic heterocycles. The van der Waals surface area contributed by atoms with Gasteiger partial charge in [0.25, 0.3) is 11.8 Å². The third kappa shape index (κ3) is 6.01. The topological polar surface area (TPSA) is 85.9 Å². The predicted molar refractivity (Wildman–Crippen MR) is 96.0 cm³/mol. The van der Waals surface area contributed by atoms with Crippen LogP contribution >= 0.6 is 0 Å². The molecule has 1 unspecified atom stereocenters. The Morgan fingerprint density at radius 1 is 0.923 bits per heavy atom. The van der Waals surface area contributed by atoms with Crippen molar-refractivity contribution in [2.45, 2.75) is 20.0 Å². The van der Waals surface area contributed by atoms with Crippen LogP contribution in [0.1, 0.15) is 12.5 Å². The number of nitrogens with one attached hydrogen (secondary N) is 2. The fourth-order valence-corrected chi connectivity index (χ4v) is 1.96. The van der Waals surface area contributed by atoms with Crippen molar-refractivity contribution in [2.75, 3.05) is 13.7 Å². The molecular formula is C19H22N2O5. The van der Waals surface area contributed by atoms with Gasteiger partial charge in [0, 0.05) is 0 Å². The number of methoxy groups -OCH3 is 1. The molecule has 0 heterocycles. The summed E-state index contributed by atoms with van der Waals surface area (Å²) >= 11 is 0. The van der Waals surface area contributed by atoms with Crippen LogP contribution in [0.5, 0.6) is 17.2 Å². The number of hydrogen-bond donors (Lipinski definition) is 2. The summed E-state index contributed by atoms with van der Waals surface area (Å²) in [6.07, 6.45) is -0.763. The molecule has 0 bridgehead atoms. The first kappa shape index (κ1) is 19.1. The molecule has 0 fully saturated rings. The van der Waals surface area contributed by atoms with Crippen LogP contribution < -0.4 is 25.1 Å². The van der Waals surface area contributed by atoms with E-state index in [2.05, 4.69) is 10.9 Å². The van der Waals surface area contributed by atoms with Crippen LogP contribution in [-0.2, 0) is 9.59 Å². The fourth-order valence-electron chi connectivity index (χ4n) is 1.96. The van der Waals surface area contributed by atoms with Gasteiger partial charge in [-0.25, -0.2) is 0 Å². The van der Waals surface area contributed by atoms with Crippen LogP contribution in [-0.4, -0.2) is 31.6 Å². The number of ether oxygens (including phenoxy) is 3. The molecule has 0 aliphatic rings. The maximum Gasteiger partial charge on any atom is 0.279 e. The number of rotatable bonds is 7. The molecule has 7 nitrogen and oxygen atoms in total. The van der Waals surface area contributed by atoms with Crippen molar-refractivity contribution >= 4 is 11.8 Å². The first-order valence-corrected chi connectivity index (χ1v) is 8.07. The lowest BCUT2D eigenvalue weighted by Crippen LogP contribution is -2.48. The molecule has 0 radical (unpaired) electrons. The maximum absolute atomic E-state index is 12.0. The highest BCUT2D eigenvalue weighted by molar-refractivity contribution is 5.85. The molecule has 138 valence electrons. The summed E-state index contributed by atoms with van der Waals surface area (Å²) in [5.74, 6) is 0.826. The highest BCUT2D eigenvalue weighted by Crippen LogP contribution is 2.16. The quantitative estimate of drug-likeness (QED) is 0.740. The lowest BCUT2D eigenvalue weighted by Gasteiger charge is -2.15. The minimum Gasteiger partial charge on any atom is -0.497 e. The molecule has 2 N–H and O–H groups in total. The Kier molecular flexibility index (Phi) is 6.84. The van der Waals surface area contributed by atoms with E-state index in [-0.39, 0.29) is 6.61 Å². The maximum atomic E-state index is 12.0. The number of benzene rings is 2. The second kappa shape index (κ2) is 9.31. The van der Waals surface area contributed by atoms with Crippen molar-refractivity contribution in [3.8, 4) is 17.2 Å². The fraction of sp³-hybridized carbons (Fsp3) is 0.263. The van der Waals surface area contributed by atoms with E-state index in [1.165, 1.54) is 0 Å². The Bertz CT molecular complexity index is 729. The van der Waals surface area contributed by atoms with Crippen LogP contribution in [0.3, 0.4) is 0 Å². The summed E-state index contributed by atoms with van der Waals surface area (Å²) in [6, 6.07) is 14.1. The normalized spacial score (nSPS) is 11.2. The monoisotopic (exact) mass is 358 g/mol. The van der Waals surface area contributed by atoms with Gasteiger partial charge in [-0.05, 0) is 50.2 Å². The largest absolute Gasteiger partial charge is 0.497 e. The van der Waals surface area contributed by atoms with Crippen molar-refractivity contribution in [3.63, 3.8) is 0 Å². The highest BCUT2D eigenvalue weighted by Gasteiger charge is 2.15. The molecule has 0 saturated carbocycles. The van der Waals surface area contributed by atoms with Crippen LogP contribution in [0.15, 0.2) is 48.5 Å².